The van der Waals surface area contributed by atoms with Crippen molar-refractivity contribution in [2.45, 2.75) is 51.7 Å². The molecule has 0 aromatic heterocycles. The average molecular weight is 332 g/mol. The normalized spacial score (nSPS) is 27.8. The van der Waals surface area contributed by atoms with E-state index in [0.29, 0.717) is 18.1 Å². The Hall–Kier alpha value is -0.940. The molecule has 0 radical (unpaired) electrons. The maximum absolute atomic E-state index is 5.86. The Morgan fingerprint density at radius 1 is 1.21 bits per heavy atom. The van der Waals surface area contributed by atoms with Crippen molar-refractivity contribution in [2.24, 2.45) is 5.92 Å². The first-order chi connectivity index (χ1) is 11.6. The lowest BCUT2D eigenvalue weighted by Crippen LogP contribution is -2.33. The first-order valence-corrected chi connectivity index (χ1v) is 9.49. The van der Waals surface area contributed by atoms with Crippen molar-refractivity contribution in [1.29, 1.82) is 0 Å². The van der Waals surface area contributed by atoms with E-state index in [1.54, 1.807) is 0 Å². The van der Waals surface area contributed by atoms with Crippen LogP contribution in [0.2, 0.25) is 0 Å². The summed E-state index contributed by atoms with van der Waals surface area (Å²) in [7, 11) is 2.25. The molecule has 134 valence electrons. The van der Waals surface area contributed by atoms with Gasteiger partial charge in [0.1, 0.15) is 0 Å². The van der Waals surface area contributed by atoms with Crippen LogP contribution < -0.4 is 10.9 Å². The minimum absolute atomic E-state index is 0.401. The molecular weight excluding hydrogens is 298 g/mol. The van der Waals surface area contributed by atoms with Crippen molar-refractivity contribution in [3.05, 3.63) is 34.9 Å². The van der Waals surface area contributed by atoms with Crippen LogP contribution in [-0.4, -0.2) is 44.3 Å². The Morgan fingerprint density at radius 2 is 2.08 bits per heavy atom. The van der Waals surface area contributed by atoms with E-state index in [1.807, 2.05) is 0 Å². The van der Waals surface area contributed by atoms with Gasteiger partial charge in [0, 0.05) is 32.2 Å². The van der Waals surface area contributed by atoms with Crippen molar-refractivity contribution >= 4 is 0 Å². The number of hydrazine groups is 1. The van der Waals surface area contributed by atoms with Gasteiger partial charge < -0.3 is 9.64 Å². The van der Waals surface area contributed by atoms with Gasteiger partial charge in [0.05, 0.1) is 12.1 Å². The minimum Gasteiger partial charge on any atom is -0.378 e. The number of nitrogens with zero attached hydrogens (tertiary/aromatic N) is 1. The molecule has 4 nitrogen and oxygen atoms in total. The third-order valence-corrected chi connectivity index (χ3v) is 5.64. The van der Waals surface area contributed by atoms with Crippen LogP contribution in [0.3, 0.4) is 0 Å². The van der Waals surface area contributed by atoms with Crippen LogP contribution in [0.15, 0.2) is 18.2 Å². The zero-order chi connectivity index (χ0) is 16.9. The minimum atomic E-state index is 0.401. The molecule has 3 rings (SSSR count). The zero-order valence-corrected chi connectivity index (χ0v) is 15.5. The average Bonchev–Trinajstić information content (AvgIpc) is 3.04. The Kier molecular flexibility index (Phi) is 6.28. The maximum Gasteiger partial charge on any atom is 0.0587 e. The SMILES string of the molecule is Cc1ccc(C2NNCC2CN(C)CCC2CCCCO2)cc1C. The Balaban J connectivity index is 1.52. The first kappa shape index (κ1) is 17.9. The molecule has 3 unspecified atom stereocenters. The van der Waals surface area contributed by atoms with Crippen molar-refractivity contribution in [3.8, 4) is 0 Å². The topological polar surface area (TPSA) is 36.5 Å². The lowest BCUT2D eigenvalue weighted by Gasteiger charge is -2.28. The van der Waals surface area contributed by atoms with E-state index in [-0.39, 0.29) is 0 Å². The van der Waals surface area contributed by atoms with E-state index in [2.05, 4.69) is 54.8 Å². The number of nitrogens with one attached hydrogen (secondary N) is 2. The highest BCUT2D eigenvalue weighted by atomic mass is 16.5. The third kappa shape index (κ3) is 4.57. The predicted octanol–water partition coefficient (Wildman–Crippen LogP) is 2.96. The van der Waals surface area contributed by atoms with E-state index in [0.717, 1.165) is 26.2 Å². The van der Waals surface area contributed by atoms with Crippen LogP contribution in [0.1, 0.15) is 48.4 Å². The number of rotatable bonds is 6. The number of aryl methyl sites for hydroxylation is 2. The summed E-state index contributed by atoms with van der Waals surface area (Å²) in [6, 6.07) is 7.25. The van der Waals surface area contributed by atoms with Gasteiger partial charge in [-0.1, -0.05) is 18.2 Å². The summed E-state index contributed by atoms with van der Waals surface area (Å²) in [6.45, 7) is 8.61. The van der Waals surface area contributed by atoms with Crippen molar-refractivity contribution in [2.75, 3.05) is 33.3 Å². The maximum atomic E-state index is 5.86. The van der Waals surface area contributed by atoms with Crippen molar-refractivity contribution in [1.82, 2.24) is 15.8 Å². The highest BCUT2D eigenvalue weighted by molar-refractivity contribution is 5.32. The predicted molar refractivity (Wildman–Crippen MR) is 99.0 cm³/mol. The number of hydrogen-bond donors (Lipinski definition) is 2. The van der Waals surface area contributed by atoms with Gasteiger partial charge in [0.25, 0.3) is 0 Å². The second-order valence-corrected chi connectivity index (χ2v) is 7.65. The molecule has 2 heterocycles. The Morgan fingerprint density at radius 3 is 2.83 bits per heavy atom. The van der Waals surface area contributed by atoms with E-state index in [1.165, 1.54) is 42.4 Å². The molecular formula is C20H33N3O. The summed E-state index contributed by atoms with van der Waals surface area (Å²) in [6.07, 6.45) is 5.46. The largest absolute Gasteiger partial charge is 0.378 e. The standard InChI is InChI=1S/C20H33N3O/c1-15-7-8-17(12-16(15)2)20-18(13-21-22-20)14-23(3)10-9-19-6-4-5-11-24-19/h7-8,12,18-22H,4-6,9-11,13-14H2,1-3H3. The first-order valence-electron chi connectivity index (χ1n) is 9.49. The van der Waals surface area contributed by atoms with Gasteiger partial charge >= 0.3 is 0 Å². The second-order valence-electron chi connectivity index (χ2n) is 7.65. The molecule has 0 bridgehead atoms. The quantitative estimate of drug-likeness (QED) is 0.840. The van der Waals surface area contributed by atoms with Gasteiger partial charge in [0.2, 0.25) is 0 Å². The number of benzene rings is 1. The summed E-state index contributed by atoms with van der Waals surface area (Å²) in [5, 5.41) is 0. The highest BCUT2D eigenvalue weighted by Crippen LogP contribution is 2.27. The summed E-state index contributed by atoms with van der Waals surface area (Å²) >= 11 is 0. The molecule has 0 spiro atoms. The van der Waals surface area contributed by atoms with Gasteiger partial charge in [-0.2, -0.15) is 0 Å². The lowest BCUT2D eigenvalue weighted by atomic mass is 9.92. The van der Waals surface area contributed by atoms with Crippen molar-refractivity contribution < 1.29 is 4.74 Å². The van der Waals surface area contributed by atoms with Crippen molar-refractivity contribution in [3.63, 3.8) is 0 Å². The molecule has 2 saturated heterocycles. The molecule has 3 atom stereocenters. The van der Waals surface area contributed by atoms with Gasteiger partial charge in [-0.15, -0.1) is 0 Å². The van der Waals surface area contributed by atoms with Gasteiger partial charge in [-0.25, -0.2) is 5.43 Å². The fourth-order valence-corrected chi connectivity index (χ4v) is 3.91. The molecule has 0 amide bonds. The summed E-state index contributed by atoms with van der Waals surface area (Å²) in [4.78, 5) is 2.48. The second kappa shape index (κ2) is 8.43. The smallest absolute Gasteiger partial charge is 0.0587 e. The third-order valence-electron chi connectivity index (χ3n) is 5.64. The number of ether oxygens (including phenoxy) is 1. The molecule has 0 aliphatic carbocycles. The molecule has 24 heavy (non-hydrogen) atoms. The lowest BCUT2D eigenvalue weighted by molar-refractivity contribution is 0.00613. The van der Waals surface area contributed by atoms with Crippen LogP contribution in [0.25, 0.3) is 0 Å². The Bertz CT molecular complexity index is 528. The fraction of sp³-hybridized carbons (Fsp3) is 0.700. The molecule has 2 N–H and O–H groups in total. The van der Waals surface area contributed by atoms with E-state index in [4.69, 9.17) is 4.74 Å². The van der Waals surface area contributed by atoms with E-state index in [9.17, 15) is 0 Å². The summed E-state index contributed by atoms with van der Waals surface area (Å²) in [5.41, 5.74) is 11.0. The van der Waals surface area contributed by atoms with E-state index < -0.39 is 0 Å². The molecule has 2 aliphatic rings. The molecule has 2 fully saturated rings. The van der Waals surface area contributed by atoms with Crippen LogP contribution in [-0.2, 0) is 4.74 Å². The monoisotopic (exact) mass is 331 g/mol. The fourth-order valence-electron chi connectivity index (χ4n) is 3.91. The molecule has 1 aromatic carbocycles. The summed E-state index contributed by atoms with van der Waals surface area (Å²) < 4.78 is 5.86. The highest BCUT2D eigenvalue weighted by Gasteiger charge is 2.29. The zero-order valence-electron chi connectivity index (χ0n) is 15.5. The van der Waals surface area contributed by atoms with Crippen LogP contribution in [0.4, 0.5) is 0 Å². The van der Waals surface area contributed by atoms with Crippen LogP contribution >= 0.6 is 0 Å². The number of hydrogen-bond acceptors (Lipinski definition) is 4. The van der Waals surface area contributed by atoms with Gasteiger partial charge in [-0.05, 0) is 63.3 Å². The summed E-state index contributed by atoms with van der Waals surface area (Å²) in [5.74, 6) is 0.601. The van der Waals surface area contributed by atoms with Gasteiger partial charge in [-0.3, -0.25) is 5.43 Å². The molecule has 1 aromatic rings. The van der Waals surface area contributed by atoms with Crippen LogP contribution in [0.5, 0.6) is 0 Å². The van der Waals surface area contributed by atoms with Gasteiger partial charge in [0.15, 0.2) is 0 Å². The van der Waals surface area contributed by atoms with Crippen LogP contribution in [0, 0.1) is 19.8 Å². The molecule has 4 heteroatoms. The van der Waals surface area contributed by atoms with E-state index >= 15 is 0 Å². The Labute approximate surface area is 146 Å². The molecule has 0 saturated carbocycles. The molecule has 2 aliphatic heterocycles.